The molecule has 4 saturated heterocycles. The molecule has 3 nitrogen and oxygen atoms in total. The van der Waals surface area contributed by atoms with Gasteiger partial charge in [-0.15, -0.1) is 0 Å². The number of fused-ring (bicyclic) bond motifs is 2. The molecule has 3 heteroatoms. The predicted molar refractivity (Wildman–Crippen MR) is 100 cm³/mol. The zero-order valence-electron chi connectivity index (χ0n) is 15.0. The van der Waals surface area contributed by atoms with Crippen LogP contribution in [0.3, 0.4) is 0 Å². The summed E-state index contributed by atoms with van der Waals surface area (Å²) in [6.45, 7) is 7.04. The second-order valence-corrected chi connectivity index (χ2v) is 8.16. The fourth-order valence-corrected chi connectivity index (χ4v) is 5.55. The molecule has 6 rings (SSSR count). The third-order valence-electron chi connectivity index (χ3n) is 6.73. The second kappa shape index (κ2) is 6.22. The molecule has 4 aliphatic heterocycles. The van der Waals surface area contributed by atoms with E-state index in [4.69, 9.17) is 0 Å². The molecule has 0 aliphatic carbocycles. The monoisotopic (exact) mass is 333 g/mol. The minimum absolute atomic E-state index is 0.649. The predicted octanol–water partition coefficient (Wildman–Crippen LogP) is 3.45. The molecule has 2 bridgehead atoms. The Morgan fingerprint density at radius 2 is 1.68 bits per heavy atom. The maximum absolute atomic E-state index is 4.18. The van der Waals surface area contributed by atoms with Gasteiger partial charge in [0.1, 0.15) is 0 Å². The van der Waals surface area contributed by atoms with Crippen LogP contribution >= 0.6 is 0 Å². The van der Waals surface area contributed by atoms with Crippen LogP contribution in [0.5, 0.6) is 0 Å². The lowest BCUT2D eigenvalue weighted by Gasteiger charge is -2.51. The smallest absolute Gasteiger partial charge is 0.0335 e. The summed E-state index contributed by atoms with van der Waals surface area (Å²) in [4.78, 5) is 9.76. The zero-order valence-corrected chi connectivity index (χ0v) is 15.0. The molecule has 0 amide bonds. The molecule has 0 saturated carbocycles. The standard InChI is InChI=1S/C22H27N3/c1-16-2-4-18(5-3-16)20-15-25(14-17-6-10-23-11-7-17)21-19-8-12-24(13-9-19)22(20)21/h2-7,10-11,19-22H,8-9,12-15H2,1H3/t20-,21+,22+/m0/s1. The zero-order chi connectivity index (χ0) is 16.8. The van der Waals surface area contributed by atoms with E-state index in [2.05, 4.69) is 58.1 Å². The molecular formula is C22H27N3. The Hall–Kier alpha value is -1.71. The van der Waals surface area contributed by atoms with Gasteiger partial charge in [0.2, 0.25) is 0 Å². The lowest BCUT2D eigenvalue weighted by molar-refractivity contribution is -0.00869. The fourth-order valence-electron chi connectivity index (χ4n) is 5.55. The average Bonchev–Trinajstić information content (AvgIpc) is 3.06. The first-order valence-corrected chi connectivity index (χ1v) is 9.73. The molecule has 5 heterocycles. The van der Waals surface area contributed by atoms with Crippen LogP contribution in [-0.4, -0.2) is 46.5 Å². The Morgan fingerprint density at radius 3 is 2.40 bits per heavy atom. The maximum atomic E-state index is 4.18. The van der Waals surface area contributed by atoms with Crippen LogP contribution in [-0.2, 0) is 6.54 Å². The molecule has 3 atom stereocenters. The molecule has 130 valence electrons. The number of rotatable bonds is 3. The highest BCUT2D eigenvalue weighted by Crippen LogP contribution is 2.46. The summed E-state index contributed by atoms with van der Waals surface area (Å²) in [5, 5.41) is 0. The first-order chi connectivity index (χ1) is 12.3. The van der Waals surface area contributed by atoms with Crippen molar-refractivity contribution in [1.29, 1.82) is 0 Å². The Bertz CT molecular complexity index is 719. The van der Waals surface area contributed by atoms with E-state index in [1.165, 1.54) is 49.2 Å². The van der Waals surface area contributed by atoms with E-state index in [0.29, 0.717) is 12.0 Å². The number of hydrogen-bond acceptors (Lipinski definition) is 3. The van der Waals surface area contributed by atoms with Gasteiger partial charge >= 0.3 is 0 Å². The Kier molecular flexibility index (Phi) is 3.87. The summed E-state index contributed by atoms with van der Waals surface area (Å²) in [6, 6.07) is 15.1. The van der Waals surface area contributed by atoms with Crippen LogP contribution in [0.25, 0.3) is 0 Å². The summed E-state index contributed by atoms with van der Waals surface area (Å²) < 4.78 is 0. The highest BCUT2D eigenvalue weighted by Gasteiger charge is 2.52. The third kappa shape index (κ3) is 2.70. The number of pyridine rings is 1. The molecule has 0 N–H and O–H groups in total. The van der Waals surface area contributed by atoms with Crippen molar-refractivity contribution in [3.63, 3.8) is 0 Å². The summed E-state index contributed by atoms with van der Waals surface area (Å²) >= 11 is 0. The molecule has 1 aromatic carbocycles. The number of aromatic nitrogens is 1. The van der Waals surface area contributed by atoms with E-state index in [0.717, 1.165) is 18.5 Å². The van der Waals surface area contributed by atoms with Crippen molar-refractivity contribution >= 4 is 0 Å². The van der Waals surface area contributed by atoms with Crippen molar-refractivity contribution in [1.82, 2.24) is 14.8 Å². The van der Waals surface area contributed by atoms with Crippen molar-refractivity contribution < 1.29 is 0 Å². The molecule has 4 fully saturated rings. The van der Waals surface area contributed by atoms with Gasteiger partial charge in [-0.2, -0.15) is 0 Å². The molecule has 0 radical (unpaired) electrons. The van der Waals surface area contributed by atoms with Gasteiger partial charge in [0.15, 0.2) is 0 Å². The van der Waals surface area contributed by atoms with Crippen LogP contribution in [0.2, 0.25) is 0 Å². The Morgan fingerprint density at radius 1 is 0.960 bits per heavy atom. The van der Waals surface area contributed by atoms with Gasteiger partial charge in [0, 0.05) is 43.5 Å². The van der Waals surface area contributed by atoms with Crippen LogP contribution in [0.4, 0.5) is 0 Å². The topological polar surface area (TPSA) is 19.4 Å². The van der Waals surface area contributed by atoms with E-state index in [-0.39, 0.29) is 0 Å². The lowest BCUT2D eigenvalue weighted by Crippen LogP contribution is -2.59. The maximum Gasteiger partial charge on any atom is 0.0335 e. The molecule has 0 spiro atoms. The van der Waals surface area contributed by atoms with Crippen LogP contribution in [0.1, 0.15) is 35.4 Å². The molecule has 4 aliphatic rings. The van der Waals surface area contributed by atoms with Gasteiger partial charge < -0.3 is 0 Å². The second-order valence-electron chi connectivity index (χ2n) is 8.16. The van der Waals surface area contributed by atoms with E-state index in [9.17, 15) is 0 Å². The quantitative estimate of drug-likeness (QED) is 0.857. The first kappa shape index (κ1) is 15.5. The van der Waals surface area contributed by atoms with Crippen LogP contribution in [0.15, 0.2) is 48.8 Å². The number of likely N-dealkylation sites (tertiary alicyclic amines) is 1. The number of aryl methyl sites for hydroxylation is 1. The van der Waals surface area contributed by atoms with Crippen molar-refractivity contribution in [3.05, 3.63) is 65.5 Å². The number of hydrogen-bond donors (Lipinski definition) is 0. The first-order valence-electron chi connectivity index (χ1n) is 9.73. The number of benzene rings is 1. The SMILES string of the molecule is Cc1ccc([C@@H]2CN(Cc3ccncc3)[C@@H]3C4CCN(CC4)[C@@H]32)cc1. The molecule has 2 aromatic rings. The summed E-state index contributed by atoms with van der Waals surface area (Å²) in [5.41, 5.74) is 4.29. The van der Waals surface area contributed by atoms with Crippen molar-refractivity contribution in [3.8, 4) is 0 Å². The summed E-state index contributed by atoms with van der Waals surface area (Å²) in [6.07, 6.45) is 6.62. The highest BCUT2D eigenvalue weighted by molar-refractivity contribution is 5.30. The van der Waals surface area contributed by atoms with E-state index in [1.54, 1.807) is 0 Å². The summed E-state index contributed by atoms with van der Waals surface area (Å²) in [5.74, 6) is 1.53. The third-order valence-corrected chi connectivity index (χ3v) is 6.73. The van der Waals surface area contributed by atoms with Gasteiger partial charge in [0.25, 0.3) is 0 Å². The average molecular weight is 333 g/mol. The number of nitrogens with zero attached hydrogens (tertiary/aromatic N) is 3. The fraction of sp³-hybridized carbons (Fsp3) is 0.500. The lowest BCUT2D eigenvalue weighted by atomic mass is 9.75. The van der Waals surface area contributed by atoms with E-state index < -0.39 is 0 Å². The normalized spacial score (nSPS) is 34.2. The van der Waals surface area contributed by atoms with Crippen molar-refractivity contribution in [2.24, 2.45) is 5.92 Å². The van der Waals surface area contributed by atoms with Crippen molar-refractivity contribution in [2.75, 3.05) is 19.6 Å². The van der Waals surface area contributed by atoms with Crippen LogP contribution in [0, 0.1) is 12.8 Å². The molecule has 0 unspecified atom stereocenters. The molecular weight excluding hydrogens is 306 g/mol. The minimum atomic E-state index is 0.649. The van der Waals surface area contributed by atoms with Gasteiger partial charge in [0.05, 0.1) is 0 Å². The van der Waals surface area contributed by atoms with E-state index >= 15 is 0 Å². The summed E-state index contributed by atoms with van der Waals surface area (Å²) in [7, 11) is 0. The van der Waals surface area contributed by atoms with Gasteiger partial charge in [-0.1, -0.05) is 29.8 Å². The van der Waals surface area contributed by atoms with Gasteiger partial charge in [-0.3, -0.25) is 14.8 Å². The minimum Gasteiger partial charge on any atom is -0.298 e. The van der Waals surface area contributed by atoms with Gasteiger partial charge in [-0.25, -0.2) is 0 Å². The molecule has 25 heavy (non-hydrogen) atoms. The number of piperidine rings is 3. The largest absolute Gasteiger partial charge is 0.298 e. The highest BCUT2D eigenvalue weighted by atomic mass is 15.3. The van der Waals surface area contributed by atoms with Gasteiger partial charge in [-0.05, 0) is 62.0 Å². The Balaban J connectivity index is 1.47. The van der Waals surface area contributed by atoms with Crippen LogP contribution < -0.4 is 0 Å². The van der Waals surface area contributed by atoms with E-state index in [1.807, 2.05) is 12.4 Å². The molecule has 1 aromatic heterocycles. The van der Waals surface area contributed by atoms with Crippen molar-refractivity contribution in [2.45, 2.75) is 44.3 Å². The Labute approximate surface area is 150 Å².